The summed E-state index contributed by atoms with van der Waals surface area (Å²) < 4.78 is 0. The molecule has 0 fully saturated rings. The van der Waals surface area contributed by atoms with Crippen molar-refractivity contribution >= 4 is 22.8 Å². The quantitative estimate of drug-likeness (QED) is 0.648. The number of nitrogens with two attached hydrogens (primary N) is 1. The second-order valence-electron chi connectivity index (χ2n) is 4.60. The number of aromatic nitrogens is 2. The highest BCUT2D eigenvalue weighted by Gasteiger charge is 2.13. The van der Waals surface area contributed by atoms with Crippen molar-refractivity contribution in [3.63, 3.8) is 0 Å². The van der Waals surface area contributed by atoms with Crippen LogP contribution in [0.1, 0.15) is 17.2 Å². The first-order chi connectivity index (χ1) is 9.69. The van der Waals surface area contributed by atoms with Crippen LogP contribution in [0.3, 0.4) is 0 Å². The van der Waals surface area contributed by atoms with E-state index in [1.54, 1.807) is 11.8 Å². The van der Waals surface area contributed by atoms with Gasteiger partial charge in [-0.05, 0) is 35.6 Å². The van der Waals surface area contributed by atoms with E-state index < -0.39 is 0 Å². The van der Waals surface area contributed by atoms with Crippen molar-refractivity contribution in [2.45, 2.75) is 10.9 Å². The minimum Gasteiger partial charge on any atom is -0.320 e. The summed E-state index contributed by atoms with van der Waals surface area (Å²) in [7, 11) is 0. The Balaban J connectivity index is 2.07. The molecule has 0 aliphatic heterocycles. The summed E-state index contributed by atoms with van der Waals surface area (Å²) >= 11 is 1.68. The van der Waals surface area contributed by atoms with Gasteiger partial charge in [0.05, 0.1) is 17.1 Å². The number of thioether (sulfide) groups is 1. The molecule has 0 spiro atoms. The van der Waals surface area contributed by atoms with Crippen LogP contribution in [0.15, 0.2) is 52.2 Å². The number of hydrogen-bond acceptors (Lipinski definition) is 3. The van der Waals surface area contributed by atoms with Gasteiger partial charge in [-0.2, -0.15) is 0 Å². The van der Waals surface area contributed by atoms with Crippen LogP contribution in [-0.2, 0) is 0 Å². The van der Waals surface area contributed by atoms with E-state index in [4.69, 9.17) is 5.73 Å². The maximum Gasteiger partial charge on any atom is 0.323 e. The summed E-state index contributed by atoms with van der Waals surface area (Å²) in [4.78, 5) is 18.0. The molecule has 0 saturated carbocycles. The topological polar surface area (TPSA) is 74.7 Å². The van der Waals surface area contributed by atoms with Crippen molar-refractivity contribution < 1.29 is 0 Å². The Morgan fingerprint density at radius 2 is 1.85 bits per heavy atom. The number of fused-ring (bicyclic) bond motifs is 1. The Hall–Kier alpha value is -1.98. The van der Waals surface area contributed by atoms with Crippen LogP contribution in [0.4, 0.5) is 0 Å². The monoisotopic (exact) mass is 285 g/mol. The minimum atomic E-state index is -0.207. The molecule has 2 aromatic carbocycles. The molecule has 0 radical (unpaired) electrons. The van der Waals surface area contributed by atoms with Gasteiger partial charge in [-0.3, -0.25) is 0 Å². The first-order valence-electron chi connectivity index (χ1n) is 6.29. The molecule has 102 valence electrons. The van der Waals surface area contributed by atoms with Crippen LogP contribution >= 0.6 is 11.8 Å². The summed E-state index contributed by atoms with van der Waals surface area (Å²) in [6.07, 6.45) is 2.04. The van der Waals surface area contributed by atoms with Crippen LogP contribution in [-0.4, -0.2) is 16.2 Å². The smallest absolute Gasteiger partial charge is 0.320 e. The molecular formula is C15H15N3OS. The van der Waals surface area contributed by atoms with E-state index in [1.807, 2.05) is 42.7 Å². The molecule has 0 saturated heterocycles. The van der Waals surface area contributed by atoms with Gasteiger partial charge in [0.2, 0.25) is 0 Å². The van der Waals surface area contributed by atoms with E-state index >= 15 is 0 Å². The Kier molecular flexibility index (Phi) is 3.38. The van der Waals surface area contributed by atoms with Crippen LogP contribution < -0.4 is 11.4 Å². The molecule has 1 heterocycles. The molecule has 4 nitrogen and oxygen atoms in total. The van der Waals surface area contributed by atoms with Crippen molar-refractivity contribution in [2.75, 3.05) is 6.26 Å². The van der Waals surface area contributed by atoms with Gasteiger partial charge in [0.1, 0.15) is 0 Å². The second-order valence-corrected chi connectivity index (χ2v) is 5.45. The summed E-state index contributed by atoms with van der Waals surface area (Å²) in [5.41, 5.74) is 9.83. The summed E-state index contributed by atoms with van der Waals surface area (Å²) in [5.74, 6) is 0. The first-order valence-corrected chi connectivity index (χ1v) is 7.52. The van der Waals surface area contributed by atoms with Gasteiger partial charge in [0.15, 0.2) is 0 Å². The lowest BCUT2D eigenvalue weighted by atomic mass is 9.99. The molecule has 1 aromatic heterocycles. The Morgan fingerprint density at radius 1 is 1.10 bits per heavy atom. The minimum absolute atomic E-state index is 0.199. The third-order valence-electron chi connectivity index (χ3n) is 3.37. The fourth-order valence-corrected chi connectivity index (χ4v) is 2.99. The van der Waals surface area contributed by atoms with Gasteiger partial charge in [0.25, 0.3) is 0 Å². The molecule has 20 heavy (non-hydrogen) atoms. The number of rotatable bonds is 3. The second kappa shape index (κ2) is 5.19. The Bertz CT molecular complexity index is 806. The number of imidazole rings is 1. The van der Waals surface area contributed by atoms with Gasteiger partial charge in [-0.1, -0.05) is 24.3 Å². The number of hydrogen-bond donors (Lipinski definition) is 3. The average molecular weight is 285 g/mol. The van der Waals surface area contributed by atoms with Crippen molar-refractivity contribution in [3.8, 4) is 0 Å². The van der Waals surface area contributed by atoms with Gasteiger partial charge in [0, 0.05) is 4.90 Å². The first kappa shape index (κ1) is 13.0. The SMILES string of the molecule is CSc1ccccc1C(N)c1ccc2[nH]c(=O)[nH]c2c1. The van der Waals surface area contributed by atoms with E-state index in [-0.39, 0.29) is 11.7 Å². The summed E-state index contributed by atoms with van der Waals surface area (Å²) in [6.45, 7) is 0. The highest BCUT2D eigenvalue weighted by molar-refractivity contribution is 7.98. The molecule has 1 unspecified atom stereocenters. The molecule has 5 heteroatoms. The van der Waals surface area contributed by atoms with Crippen molar-refractivity contribution in [3.05, 3.63) is 64.1 Å². The van der Waals surface area contributed by atoms with E-state index in [1.165, 1.54) is 4.90 Å². The molecule has 3 rings (SSSR count). The maximum absolute atomic E-state index is 11.3. The lowest BCUT2D eigenvalue weighted by Gasteiger charge is -2.15. The van der Waals surface area contributed by atoms with Crippen LogP contribution in [0.25, 0.3) is 11.0 Å². The average Bonchev–Trinajstić information content (AvgIpc) is 2.85. The molecule has 0 aliphatic rings. The molecular weight excluding hydrogens is 270 g/mol. The van der Waals surface area contributed by atoms with E-state index in [0.717, 1.165) is 22.2 Å². The normalized spacial score (nSPS) is 12.7. The highest BCUT2D eigenvalue weighted by Crippen LogP contribution is 2.29. The lowest BCUT2D eigenvalue weighted by molar-refractivity contribution is 0.849. The van der Waals surface area contributed by atoms with Gasteiger partial charge < -0.3 is 15.7 Å². The Morgan fingerprint density at radius 3 is 2.65 bits per heavy atom. The number of nitrogens with one attached hydrogen (secondary N) is 2. The van der Waals surface area contributed by atoms with Gasteiger partial charge in [-0.25, -0.2) is 4.79 Å². The molecule has 0 aliphatic carbocycles. The van der Waals surface area contributed by atoms with Crippen molar-refractivity contribution in [2.24, 2.45) is 5.73 Å². The van der Waals surface area contributed by atoms with Crippen LogP contribution in [0.2, 0.25) is 0 Å². The third kappa shape index (κ3) is 2.26. The Labute approximate surface area is 120 Å². The third-order valence-corrected chi connectivity index (χ3v) is 4.18. The largest absolute Gasteiger partial charge is 0.323 e. The molecule has 1 atom stereocenters. The highest BCUT2D eigenvalue weighted by atomic mass is 32.2. The van der Waals surface area contributed by atoms with E-state index in [9.17, 15) is 4.79 Å². The number of aromatic amines is 2. The van der Waals surface area contributed by atoms with Crippen LogP contribution in [0, 0.1) is 0 Å². The predicted octanol–water partition coefficient (Wildman–Crippen LogP) is 2.63. The zero-order valence-electron chi connectivity index (χ0n) is 11.0. The predicted molar refractivity (Wildman–Crippen MR) is 83.2 cm³/mol. The van der Waals surface area contributed by atoms with Gasteiger partial charge in [-0.15, -0.1) is 11.8 Å². The molecule has 3 aromatic rings. The maximum atomic E-state index is 11.3. The van der Waals surface area contributed by atoms with Crippen molar-refractivity contribution in [1.29, 1.82) is 0 Å². The van der Waals surface area contributed by atoms with Crippen molar-refractivity contribution in [1.82, 2.24) is 9.97 Å². The summed E-state index contributed by atoms with van der Waals surface area (Å²) in [6, 6.07) is 13.7. The number of H-pyrrole nitrogens is 2. The summed E-state index contributed by atoms with van der Waals surface area (Å²) in [5, 5.41) is 0. The zero-order valence-corrected chi connectivity index (χ0v) is 11.8. The molecule has 0 bridgehead atoms. The zero-order chi connectivity index (χ0) is 14.1. The van der Waals surface area contributed by atoms with E-state index in [2.05, 4.69) is 16.0 Å². The fraction of sp³-hybridized carbons (Fsp3) is 0.133. The van der Waals surface area contributed by atoms with E-state index in [0.29, 0.717) is 0 Å². The molecule has 4 N–H and O–H groups in total. The lowest BCUT2D eigenvalue weighted by Crippen LogP contribution is -2.12. The fourth-order valence-electron chi connectivity index (χ4n) is 2.35. The number of benzene rings is 2. The van der Waals surface area contributed by atoms with Crippen LogP contribution in [0.5, 0.6) is 0 Å². The molecule has 0 amide bonds. The standard InChI is InChI=1S/C15H15N3OS/c1-20-13-5-3-2-4-10(13)14(16)9-6-7-11-12(8-9)18-15(19)17-11/h2-8,14H,16H2,1H3,(H2,17,18,19). The van der Waals surface area contributed by atoms with Gasteiger partial charge >= 0.3 is 5.69 Å².